The van der Waals surface area contributed by atoms with Crippen molar-refractivity contribution in [1.82, 2.24) is 0 Å². The van der Waals surface area contributed by atoms with E-state index in [9.17, 15) is 10.3 Å². The van der Waals surface area contributed by atoms with Crippen molar-refractivity contribution in [3.05, 3.63) is 121 Å². The second kappa shape index (κ2) is 10.8. The summed E-state index contributed by atoms with van der Waals surface area (Å²) in [6.07, 6.45) is -5.20. The quantitative estimate of drug-likeness (QED) is 0.272. The molecule has 0 radical (unpaired) electrons. The predicted octanol–water partition coefficient (Wildman–Crippen LogP) is 5.76. The summed E-state index contributed by atoms with van der Waals surface area (Å²) in [5, 5.41) is 23.5. The van der Waals surface area contributed by atoms with E-state index in [0.717, 1.165) is 21.2 Å². The summed E-state index contributed by atoms with van der Waals surface area (Å²) < 4.78 is 0. The molecule has 0 heterocycles. The topological polar surface area (TPSA) is 47.7 Å². The van der Waals surface area contributed by atoms with Gasteiger partial charge in [-0.1, -0.05) is 132 Å². The summed E-state index contributed by atoms with van der Waals surface area (Å²) >= 11 is 1.56. The molecule has 0 aliphatic carbocycles. The van der Waals surface area contributed by atoms with E-state index in [1.165, 1.54) is 0 Å². The van der Waals surface area contributed by atoms with Crippen molar-refractivity contribution in [3.63, 3.8) is 0 Å². The first-order valence-electron chi connectivity index (χ1n) is 9.35. The van der Waals surface area contributed by atoms with Gasteiger partial charge < -0.3 is 0 Å². The number of nitrogens with one attached hydrogen (secondary N) is 2. The van der Waals surface area contributed by atoms with E-state index in [2.05, 4.69) is 0 Å². The van der Waals surface area contributed by atoms with Crippen molar-refractivity contribution in [3.8, 4) is 0 Å². The Bertz CT molecular complexity index is 989. The van der Waals surface area contributed by atoms with Gasteiger partial charge in [-0.2, -0.15) is 0 Å². The van der Waals surface area contributed by atoms with Gasteiger partial charge in [0.15, 0.2) is 0 Å². The first-order chi connectivity index (χ1) is 14.1. The second-order valence-electron chi connectivity index (χ2n) is 6.64. The van der Waals surface area contributed by atoms with Gasteiger partial charge in [-0.3, -0.25) is 10.3 Å². The third-order valence-electron chi connectivity index (χ3n) is 4.72. The van der Waals surface area contributed by atoms with Gasteiger partial charge in [0, 0.05) is 21.2 Å². The van der Waals surface area contributed by atoms with E-state index in [4.69, 9.17) is 0 Å². The Morgan fingerprint density at radius 2 is 0.600 bits per heavy atom. The molecule has 0 fully saturated rings. The van der Waals surface area contributed by atoms with E-state index in [0.29, 0.717) is 0 Å². The number of hydrogen-bond donors (Lipinski definition) is 2. The fourth-order valence-electron chi connectivity index (χ4n) is 3.22. The molecule has 4 rings (SSSR count). The molecular formula is C24H23KN2P2S. The molecule has 0 atom stereocenters. The average molecular weight is 473 g/mol. The van der Waals surface area contributed by atoms with Gasteiger partial charge in [-0.25, -0.2) is 0 Å². The molecule has 4 aromatic carbocycles. The maximum atomic E-state index is 9.74. The zero-order valence-corrected chi connectivity index (χ0v) is 18.5. The SMILES string of the molecule is N=P(SP(=N)(c1ccccc1)c1ccccc1)(c1ccccc1)c1ccccc1.[KH]. The van der Waals surface area contributed by atoms with Crippen LogP contribution in [0.15, 0.2) is 121 Å². The van der Waals surface area contributed by atoms with Gasteiger partial charge in [0.1, 0.15) is 0 Å². The monoisotopic (exact) mass is 472 g/mol. The molecule has 146 valence electrons. The number of rotatable bonds is 6. The minimum absolute atomic E-state index is 0. The van der Waals surface area contributed by atoms with Crippen LogP contribution in [0.25, 0.3) is 0 Å². The van der Waals surface area contributed by atoms with Crippen LogP contribution in [0, 0.1) is 10.3 Å². The van der Waals surface area contributed by atoms with Gasteiger partial charge in [-0.15, -0.1) is 0 Å². The maximum absolute atomic E-state index is 9.74. The molecule has 0 bridgehead atoms. The van der Waals surface area contributed by atoms with E-state index in [1.54, 1.807) is 11.0 Å². The van der Waals surface area contributed by atoms with Crippen LogP contribution in [0.4, 0.5) is 0 Å². The Kier molecular flexibility index (Phi) is 8.60. The molecule has 6 heteroatoms. The Labute approximate surface area is 225 Å². The summed E-state index contributed by atoms with van der Waals surface area (Å²) in [5.41, 5.74) is 0. The van der Waals surface area contributed by atoms with Crippen molar-refractivity contribution in [2.24, 2.45) is 0 Å². The van der Waals surface area contributed by atoms with Crippen LogP contribution < -0.4 is 21.2 Å². The Hall–Kier alpha value is -0.674. The molecule has 0 unspecified atom stereocenters. The number of benzene rings is 4. The molecular weight excluding hydrogens is 449 g/mol. The Morgan fingerprint density at radius 1 is 0.400 bits per heavy atom. The molecule has 0 aromatic heterocycles. The van der Waals surface area contributed by atoms with Gasteiger partial charge in [-0.05, 0) is 0 Å². The zero-order chi connectivity index (χ0) is 20.2. The van der Waals surface area contributed by atoms with Crippen LogP contribution in [0.5, 0.6) is 0 Å². The van der Waals surface area contributed by atoms with Crippen molar-refractivity contribution in [2.45, 2.75) is 0 Å². The molecule has 2 N–H and O–H groups in total. The van der Waals surface area contributed by atoms with E-state index < -0.39 is 12.5 Å². The van der Waals surface area contributed by atoms with E-state index in [-0.39, 0.29) is 51.4 Å². The minimum atomic E-state index is -2.60. The van der Waals surface area contributed by atoms with Gasteiger partial charge in [0.05, 0.1) is 12.5 Å². The van der Waals surface area contributed by atoms with Gasteiger partial charge >= 0.3 is 51.4 Å². The first-order valence-corrected chi connectivity index (χ1v) is 15.0. The Morgan fingerprint density at radius 3 is 0.800 bits per heavy atom. The summed E-state index contributed by atoms with van der Waals surface area (Å²) in [6.45, 7) is 0. The molecule has 0 aliphatic heterocycles. The van der Waals surface area contributed by atoms with Crippen LogP contribution >= 0.6 is 23.5 Å². The van der Waals surface area contributed by atoms with Crippen molar-refractivity contribution in [2.75, 3.05) is 0 Å². The van der Waals surface area contributed by atoms with Gasteiger partial charge in [0.2, 0.25) is 0 Å². The fourth-order valence-corrected chi connectivity index (χ4v) is 17.3. The first kappa shape index (κ1) is 24.0. The van der Waals surface area contributed by atoms with E-state index >= 15 is 0 Å². The fraction of sp³-hybridized carbons (Fsp3) is 0. The second-order valence-corrected chi connectivity index (χ2v) is 16.6. The van der Waals surface area contributed by atoms with Crippen molar-refractivity contribution in [1.29, 1.82) is 10.3 Å². The molecule has 4 aromatic rings. The molecule has 0 saturated heterocycles. The van der Waals surface area contributed by atoms with Crippen LogP contribution in [-0.4, -0.2) is 51.4 Å². The van der Waals surface area contributed by atoms with Crippen LogP contribution in [0.3, 0.4) is 0 Å². The summed E-state index contributed by atoms with van der Waals surface area (Å²) in [5.74, 6) is 0. The molecule has 0 aliphatic rings. The summed E-state index contributed by atoms with van der Waals surface area (Å²) in [7, 11) is 0. The normalized spacial score (nSPS) is 11.5. The third-order valence-corrected chi connectivity index (χ3v) is 17.7. The summed E-state index contributed by atoms with van der Waals surface area (Å²) in [4.78, 5) is 0. The molecule has 2 nitrogen and oxygen atoms in total. The van der Waals surface area contributed by atoms with Crippen LogP contribution in [-0.2, 0) is 0 Å². The standard InChI is InChI=1S/C24H22N2P2S.K.H/c25-27(21-13-5-1-6-14-21,22-15-7-2-8-16-22)29-28(26,23-17-9-3-10-18-23)24-19-11-4-12-20-24;;/h1-20,25-26H;;. The number of hydrogen-bond acceptors (Lipinski definition) is 3. The van der Waals surface area contributed by atoms with E-state index in [1.807, 2.05) is 121 Å². The zero-order valence-electron chi connectivity index (χ0n) is 15.8. The van der Waals surface area contributed by atoms with Crippen LogP contribution in [0.2, 0.25) is 0 Å². The molecule has 30 heavy (non-hydrogen) atoms. The average Bonchev–Trinajstić information content (AvgIpc) is 2.81. The summed E-state index contributed by atoms with van der Waals surface area (Å²) in [6, 6.07) is 40.3. The van der Waals surface area contributed by atoms with Gasteiger partial charge in [0.25, 0.3) is 0 Å². The predicted molar refractivity (Wildman–Crippen MR) is 138 cm³/mol. The van der Waals surface area contributed by atoms with Crippen molar-refractivity contribution < 1.29 is 0 Å². The Balaban J connectivity index is 0.00000256. The molecule has 0 amide bonds. The van der Waals surface area contributed by atoms with Crippen LogP contribution in [0.1, 0.15) is 0 Å². The molecule has 0 spiro atoms. The third kappa shape index (κ3) is 5.04. The molecule has 0 saturated carbocycles. The van der Waals surface area contributed by atoms with Crippen molar-refractivity contribution >= 4 is 96.1 Å².